The lowest BCUT2D eigenvalue weighted by Gasteiger charge is -2.07. The van der Waals surface area contributed by atoms with E-state index in [1.807, 2.05) is 0 Å². The first-order valence-corrected chi connectivity index (χ1v) is 5.61. The second-order valence-electron chi connectivity index (χ2n) is 3.61. The molecular formula is C11H10ClN5O2. The van der Waals surface area contributed by atoms with Gasteiger partial charge in [0.25, 0.3) is 0 Å². The predicted octanol–water partition coefficient (Wildman–Crippen LogP) is 1.26. The average molecular weight is 280 g/mol. The second kappa shape index (κ2) is 5.15. The van der Waals surface area contributed by atoms with Gasteiger partial charge in [0.05, 0.1) is 12.7 Å². The SMILES string of the molecule is COC(=O)c1nc(-c2cnc(C)nc2)nc(N)c1Cl. The minimum Gasteiger partial charge on any atom is -0.464 e. The first kappa shape index (κ1) is 13.2. The van der Waals surface area contributed by atoms with E-state index in [9.17, 15) is 4.79 Å². The number of anilines is 1. The molecule has 2 N–H and O–H groups in total. The summed E-state index contributed by atoms with van der Waals surface area (Å²) in [5.41, 5.74) is 6.09. The molecule has 2 rings (SSSR count). The maximum atomic E-state index is 11.5. The molecular weight excluding hydrogens is 270 g/mol. The van der Waals surface area contributed by atoms with Gasteiger partial charge in [-0.15, -0.1) is 0 Å². The number of esters is 1. The van der Waals surface area contributed by atoms with Crippen LogP contribution in [0.1, 0.15) is 16.3 Å². The second-order valence-corrected chi connectivity index (χ2v) is 3.98. The van der Waals surface area contributed by atoms with Crippen molar-refractivity contribution in [2.75, 3.05) is 12.8 Å². The molecule has 0 saturated heterocycles. The highest BCUT2D eigenvalue weighted by atomic mass is 35.5. The summed E-state index contributed by atoms with van der Waals surface area (Å²) in [5.74, 6) is 0.127. The molecule has 0 aliphatic heterocycles. The zero-order chi connectivity index (χ0) is 14.0. The molecule has 0 bridgehead atoms. The first-order valence-electron chi connectivity index (χ1n) is 5.23. The van der Waals surface area contributed by atoms with E-state index in [1.54, 1.807) is 6.92 Å². The summed E-state index contributed by atoms with van der Waals surface area (Å²) in [6.07, 6.45) is 3.07. The molecule has 2 aromatic rings. The minimum atomic E-state index is -0.687. The summed E-state index contributed by atoms with van der Waals surface area (Å²) in [5, 5.41) is -0.0383. The van der Waals surface area contributed by atoms with Crippen LogP contribution in [0.25, 0.3) is 11.4 Å². The Kier molecular flexibility index (Phi) is 3.57. The number of aromatic nitrogens is 4. The van der Waals surface area contributed by atoms with Gasteiger partial charge >= 0.3 is 5.97 Å². The Balaban J connectivity index is 2.56. The number of nitrogen functional groups attached to an aromatic ring is 1. The number of halogens is 1. The lowest BCUT2D eigenvalue weighted by Crippen LogP contribution is -2.10. The average Bonchev–Trinajstić information content (AvgIpc) is 2.41. The standard InChI is InChI=1S/C11H10ClN5O2/c1-5-14-3-6(4-15-5)10-16-8(11(18)19-2)7(12)9(13)17-10/h3-4H,1-2H3,(H2,13,16,17). The maximum absolute atomic E-state index is 11.5. The van der Waals surface area contributed by atoms with Gasteiger partial charge in [0.2, 0.25) is 0 Å². The molecule has 98 valence electrons. The molecule has 0 aliphatic rings. The lowest BCUT2D eigenvalue weighted by atomic mass is 10.3. The minimum absolute atomic E-state index is 0.00681. The molecule has 0 radical (unpaired) electrons. The molecule has 0 fully saturated rings. The van der Waals surface area contributed by atoms with Crippen LogP contribution < -0.4 is 5.73 Å². The number of ether oxygens (including phenoxy) is 1. The molecule has 8 heteroatoms. The number of hydrogen-bond acceptors (Lipinski definition) is 7. The van der Waals surface area contributed by atoms with E-state index >= 15 is 0 Å². The fourth-order valence-electron chi connectivity index (χ4n) is 1.33. The number of hydrogen-bond donors (Lipinski definition) is 1. The number of carbonyl (C=O) groups is 1. The predicted molar refractivity (Wildman–Crippen MR) is 68.6 cm³/mol. The van der Waals surface area contributed by atoms with Gasteiger partial charge in [0, 0.05) is 12.4 Å². The van der Waals surface area contributed by atoms with Gasteiger partial charge in [-0.1, -0.05) is 11.6 Å². The molecule has 19 heavy (non-hydrogen) atoms. The summed E-state index contributed by atoms with van der Waals surface area (Å²) in [6.45, 7) is 1.75. The van der Waals surface area contributed by atoms with Crippen molar-refractivity contribution in [3.8, 4) is 11.4 Å². The van der Waals surface area contributed by atoms with Crippen LogP contribution in [0.3, 0.4) is 0 Å². The van der Waals surface area contributed by atoms with Crippen LogP contribution in [0.15, 0.2) is 12.4 Å². The van der Waals surface area contributed by atoms with Crippen molar-refractivity contribution in [2.45, 2.75) is 6.92 Å². The number of rotatable bonds is 2. The summed E-state index contributed by atoms with van der Waals surface area (Å²) in [4.78, 5) is 27.6. The van der Waals surface area contributed by atoms with Crippen molar-refractivity contribution in [2.24, 2.45) is 0 Å². The molecule has 0 saturated carbocycles. The van der Waals surface area contributed by atoms with Crippen molar-refractivity contribution >= 4 is 23.4 Å². The Labute approximate surface area is 113 Å². The molecule has 2 aromatic heterocycles. The third-order valence-corrected chi connectivity index (χ3v) is 2.67. The largest absolute Gasteiger partial charge is 0.464 e. The number of methoxy groups -OCH3 is 1. The van der Waals surface area contributed by atoms with Crippen molar-refractivity contribution in [1.29, 1.82) is 0 Å². The van der Waals surface area contributed by atoms with E-state index in [-0.39, 0.29) is 22.4 Å². The molecule has 2 heterocycles. The molecule has 0 amide bonds. The highest BCUT2D eigenvalue weighted by molar-refractivity contribution is 6.35. The third kappa shape index (κ3) is 2.60. The van der Waals surface area contributed by atoms with Gasteiger partial charge in [-0.05, 0) is 6.92 Å². The summed E-state index contributed by atoms with van der Waals surface area (Å²) in [7, 11) is 1.23. The number of carbonyl (C=O) groups excluding carboxylic acids is 1. The van der Waals surface area contributed by atoms with Crippen molar-refractivity contribution in [1.82, 2.24) is 19.9 Å². The first-order chi connectivity index (χ1) is 9.02. The Morgan fingerprint density at radius 2 is 1.95 bits per heavy atom. The van der Waals surface area contributed by atoms with Crippen LogP contribution in [0.2, 0.25) is 5.02 Å². The Morgan fingerprint density at radius 3 is 2.53 bits per heavy atom. The maximum Gasteiger partial charge on any atom is 0.358 e. The summed E-state index contributed by atoms with van der Waals surface area (Å²) < 4.78 is 4.58. The van der Waals surface area contributed by atoms with Gasteiger partial charge in [-0.3, -0.25) is 0 Å². The lowest BCUT2D eigenvalue weighted by molar-refractivity contribution is 0.0594. The van der Waals surface area contributed by atoms with Gasteiger partial charge in [-0.2, -0.15) is 0 Å². The van der Waals surface area contributed by atoms with E-state index in [0.29, 0.717) is 11.4 Å². The van der Waals surface area contributed by atoms with E-state index in [2.05, 4.69) is 24.7 Å². The number of aryl methyl sites for hydroxylation is 1. The third-order valence-electron chi connectivity index (χ3n) is 2.29. The van der Waals surface area contributed by atoms with E-state index in [4.69, 9.17) is 17.3 Å². The van der Waals surface area contributed by atoms with E-state index < -0.39 is 5.97 Å². The van der Waals surface area contributed by atoms with Crippen LogP contribution in [-0.2, 0) is 4.74 Å². The zero-order valence-electron chi connectivity index (χ0n) is 10.2. The Hall–Kier alpha value is -2.28. The molecule has 7 nitrogen and oxygen atoms in total. The van der Waals surface area contributed by atoms with Gasteiger partial charge < -0.3 is 10.5 Å². The number of nitrogens with two attached hydrogens (primary N) is 1. The molecule has 0 spiro atoms. The van der Waals surface area contributed by atoms with Crippen LogP contribution in [0, 0.1) is 6.92 Å². The topological polar surface area (TPSA) is 104 Å². The highest BCUT2D eigenvalue weighted by Crippen LogP contribution is 2.24. The van der Waals surface area contributed by atoms with Crippen molar-refractivity contribution in [3.05, 3.63) is 28.9 Å². The fraction of sp³-hybridized carbons (Fsp3) is 0.182. The van der Waals surface area contributed by atoms with E-state index in [1.165, 1.54) is 19.5 Å². The van der Waals surface area contributed by atoms with Crippen molar-refractivity contribution < 1.29 is 9.53 Å². The van der Waals surface area contributed by atoms with Gasteiger partial charge in [0.15, 0.2) is 11.5 Å². The summed E-state index contributed by atoms with van der Waals surface area (Å²) >= 11 is 5.87. The monoisotopic (exact) mass is 279 g/mol. The Bertz CT molecular complexity index is 630. The highest BCUT2D eigenvalue weighted by Gasteiger charge is 2.18. The molecule has 0 aromatic carbocycles. The van der Waals surface area contributed by atoms with Gasteiger partial charge in [0.1, 0.15) is 16.7 Å². The number of nitrogens with zero attached hydrogens (tertiary/aromatic N) is 4. The quantitative estimate of drug-likeness (QED) is 0.825. The van der Waals surface area contributed by atoms with Crippen LogP contribution in [0.5, 0.6) is 0 Å². The normalized spacial score (nSPS) is 10.3. The van der Waals surface area contributed by atoms with E-state index in [0.717, 1.165) is 0 Å². The van der Waals surface area contributed by atoms with Gasteiger partial charge in [-0.25, -0.2) is 24.7 Å². The Morgan fingerprint density at radius 1 is 1.32 bits per heavy atom. The molecule has 0 aliphatic carbocycles. The van der Waals surface area contributed by atoms with Crippen LogP contribution >= 0.6 is 11.6 Å². The van der Waals surface area contributed by atoms with Crippen LogP contribution in [0.4, 0.5) is 5.82 Å². The van der Waals surface area contributed by atoms with Crippen molar-refractivity contribution in [3.63, 3.8) is 0 Å². The molecule has 0 atom stereocenters. The zero-order valence-corrected chi connectivity index (χ0v) is 11.0. The molecule has 0 unspecified atom stereocenters. The smallest absolute Gasteiger partial charge is 0.358 e. The fourth-order valence-corrected chi connectivity index (χ4v) is 1.50. The van der Waals surface area contributed by atoms with Crippen LogP contribution in [-0.4, -0.2) is 33.0 Å². The summed E-state index contributed by atoms with van der Waals surface area (Å²) in [6, 6.07) is 0.